The number of carbonyl (C=O) groups excluding carboxylic acids is 2. The number of carboxylic acid groups (broad SMARTS) is 1. The SMILES string of the molecule is COC(=O)c1sccc1NC(=O)[C@H]1CCCC[C@H]1C(=O)O. The Kier molecular flexibility index (Phi) is 4.95. The first-order valence-electron chi connectivity index (χ1n) is 6.74. The van der Waals surface area contributed by atoms with Crippen molar-refractivity contribution in [3.63, 3.8) is 0 Å². The number of esters is 1. The fourth-order valence-corrected chi connectivity index (χ4v) is 3.39. The second-order valence-electron chi connectivity index (χ2n) is 4.98. The highest BCUT2D eigenvalue weighted by atomic mass is 32.1. The molecule has 114 valence electrons. The van der Waals surface area contributed by atoms with Gasteiger partial charge in [0.15, 0.2) is 0 Å². The van der Waals surface area contributed by atoms with Crippen molar-refractivity contribution in [2.45, 2.75) is 25.7 Å². The fraction of sp³-hybridized carbons (Fsp3) is 0.500. The van der Waals surface area contributed by atoms with Crippen LogP contribution in [0.25, 0.3) is 0 Å². The van der Waals surface area contributed by atoms with E-state index in [0.29, 0.717) is 23.4 Å². The van der Waals surface area contributed by atoms with Crippen molar-refractivity contribution < 1.29 is 24.2 Å². The van der Waals surface area contributed by atoms with E-state index in [4.69, 9.17) is 0 Å². The molecule has 0 saturated heterocycles. The Balaban J connectivity index is 2.12. The van der Waals surface area contributed by atoms with Crippen LogP contribution in [-0.2, 0) is 14.3 Å². The molecule has 2 rings (SSSR count). The molecule has 1 saturated carbocycles. The lowest BCUT2D eigenvalue weighted by molar-refractivity contribution is -0.147. The van der Waals surface area contributed by atoms with Crippen molar-refractivity contribution in [3.05, 3.63) is 16.3 Å². The van der Waals surface area contributed by atoms with Crippen molar-refractivity contribution in [3.8, 4) is 0 Å². The van der Waals surface area contributed by atoms with Crippen molar-refractivity contribution in [2.75, 3.05) is 12.4 Å². The maximum absolute atomic E-state index is 12.3. The van der Waals surface area contributed by atoms with Gasteiger partial charge >= 0.3 is 11.9 Å². The average Bonchev–Trinajstić information content (AvgIpc) is 2.94. The van der Waals surface area contributed by atoms with Gasteiger partial charge in [0, 0.05) is 0 Å². The lowest BCUT2D eigenvalue weighted by Gasteiger charge is -2.27. The lowest BCUT2D eigenvalue weighted by atomic mass is 9.78. The molecule has 2 N–H and O–H groups in total. The summed E-state index contributed by atoms with van der Waals surface area (Å²) in [4.78, 5) is 35.4. The summed E-state index contributed by atoms with van der Waals surface area (Å²) < 4.78 is 4.65. The minimum atomic E-state index is -0.937. The molecule has 7 heteroatoms. The zero-order valence-electron chi connectivity index (χ0n) is 11.6. The van der Waals surface area contributed by atoms with Crippen LogP contribution in [0.4, 0.5) is 5.69 Å². The predicted octanol–water partition coefficient (Wildman–Crippen LogP) is 2.36. The molecule has 0 bridgehead atoms. The number of hydrogen-bond donors (Lipinski definition) is 2. The molecule has 21 heavy (non-hydrogen) atoms. The highest BCUT2D eigenvalue weighted by molar-refractivity contribution is 7.12. The van der Waals surface area contributed by atoms with Gasteiger partial charge in [-0.3, -0.25) is 9.59 Å². The Hall–Kier alpha value is -1.89. The van der Waals surface area contributed by atoms with Gasteiger partial charge in [-0.05, 0) is 24.3 Å². The minimum Gasteiger partial charge on any atom is -0.481 e. The number of hydrogen-bond acceptors (Lipinski definition) is 5. The van der Waals surface area contributed by atoms with Crippen molar-refractivity contribution in [2.24, 2.45) is 11.8 Å². The monoisotopic (exact) mass is 311 g/mol. The Bertz CT molecular complexity index is 553. The molecule has 1 aliphatic carbocycles. The second kappa shape index (κ2) is 6.71. The van der Waals surface area contributed by atoms with Gasteiger partial charge in [0.2, 0.25) is 5.91 Å². The first kappa shape index (κ1) is 15.5. The summed E-state index contributed by atoms with van der Waals surface area (Å²) in [5.41, 5.74) is 0.381. The highest BCUT2D eigenvalue weighted by Gasteiger charge is 2.36. The van der Waals surface area contributed by atoms with Gasteiger partial charge in [0.25, 0.3) is 0 Å². The molecule has 1 fully saturated rings. The number of thiophene rings is 1. The molecule has 0 aliphatic heterocycles. The molecule has 1 aromatic rings. The smallest absolute Gasteiger partial charge is 0.350 e. The maximum Gasteiger partial charge on any atom is 0.350 e. The summed E-state index contributed by atoms with van der Waals surface area (Å²) in [7, 11) is 1.27. The van der Waals surface area contributed by atoms with Gasteiger partial charge in [0.05, 0.1) is 24.6 Å². The number of carbonyl (C=O) groups is 3. The van der Waals surface area contributed by atoms with Crippen LogP contribution in [0.15, 0.2) is 11.4 Å². The van der Waals surface area contributed by atoms with Crippen molar-refractivity contribution in [1.82, 2.24) is 0 Å². The van der Waals surface area contributed by atoms with Crippen molar-refractivity contribution >= 4 is 34.9 Å². The first-order valence-corrected chi connectivity index (χ1v) is 7.62. The summed E-state index contributed by atoms with van der Waals surface area (Å²) in [6, 6.07) is 1.62. The van der Waals surface area contributed by atoms with E-state index in [9.17, 15) is 19.5 Å². The van der Waals surface area contributed by atoms with E-state index < -0.39 is 23.8 Å². The number of anilines is 1. The average molecular weight is 311 g/mol. The number of nitrogens with one attached hydrogen (secondary N) is 1. The molecule has 6 nitrogen and oxygen atoms in total. The van der Waals surface area contributed by atoms with Crippen LogP contribution in [0.2, 0.25) is 0 Å². The van der Waals surface area contributed by atoms with E-state index in [2.05, 4.69) is 10.1 Å². The topological polar surface area (TPSA) is 92.7 Å². The predicted molar refractivity (Wildman–Crippen MR) is 77.4 cm³/mol. The van der Waals surface area contributed by atoms with E-state index >= 15 is 0 Å². The molecule has 1 amide bonds. The maximum atomic E-state index is 12.3. The highest BCUT2D eigenvalue weighted by Crippen LogP contribution is 2.32. The molecule has 0 unspecified atom stereocenters. The third kappa shape index (κ3) is 3.41. The number of ether oxygens (including phenoxy) is 1. The van der Waals surface area contributed by atoms with Gasteiger partial charge in [-0.25, -0.2) is 4.79 Å². The van der Waals surface area contributed by atoms with Gasteiger partial charge in [-0.2, -0.15) is 0 Å². The molecule has 1 heterocycles. The third-order valence-electron chi connectivity index (χ3n) is 3.71. The van der Waals surface area contributed by atoms with E-state index in [1.54, 1.807) is 11.4 Å². The largest absolute Gasteiger partial charge is 0.481 e. The van der Waals surface area contributed by atoms with Gasteiger partial charge in [-0.15, -0.1) is 11.3 Å². The van der Waals surface area contributed by atoms with E-state index in [0.717, 1.165) is 12.8 Å². The fourth-order valence-electron chi connectivity index (χ4n) is 2.62. The van der Waals surface area contributed by atoms with E-state index in [1.807, 2.05) is 0 Å². The number of carboxylic acids is 1. The number of rotatable bonds is 4. The minimum absolute atomic E-state index is 0.313. The number of methoxy groups -OCH3 is 1. The number of amides is 1. The zero-order chi connectivity index (χ0) is 15.4. The molecular formula is C14H17NO5S. The summed E-state index contributed by atoms with van der Waals surface area (Å²) in [6.45, 7) is 0. The Morgan fingerprint density at radius 1 is 1.29 bits per heavy atom. The van der Waals surface area contributed by atoms with Crippen LogP contribution in [-0.4, -0.2) is 30.1 Å². The second-order valence-corrected chi connectivity index (χ2v) is 5.90. The van der Waals surface area contributed by atoms with Crippen molar-refractivity contribution in [1.29, 1.82) is 0 Å². The lowest BCUT2D eigenvalue weighted by Crippen LogP contribution is -2.36. The molecule has 1 aliphatic rings. The van der Waals surface area contributed by atoms with Gasteiger partial charge in [-0.1, -0.05) is 12.8 Å². The zero-order valence-corrected chi connectivity index (χ0v) is 12.4. The molecule has 2 atom stereocenters. The van der Waals surface area contributed by atoms with Crippen LogP contribution < -0.4 is 5.32 Å². The normalized spacial score (nSPS) is 21.6. The molecule has 0 spiro atoms. The number of aliphatic carboxylic acids is 1. The van der Waals surface area contributed by atoms with Crippen LogP contribution in [0, 0.1) is 11.8 Å². The van der Waals surface area contributed by atoms with Crippen LogP contribution in [0.1, 0.15) is 35.4 Å². The Labute approximate surface area is 126 Å². The van der Waals surface area contributed by atoms with E-state index in [-0.39, 0.29) is 5.91 Å². The quantitative estimate of drug-likeness (QED) is 0.833. The standard InChI is InChI=1S/C14H17NO5S/c1-20-14(19)11-10(6-7-21-11)15-12(16)8-4-2-3-5-9(8)13(17)18/h6-9H,2-5H2,1H3,(H,15,16)(H,17,18)/t8-,9+/m0/s1. The molecule has 0 aromatic carbocycles. The van der Waals surface area contributed by atoms with E-state index in [1.165, 1.54) is 18.4 Å². The van der Waals surface area contributed by atoms with Gasteiger partial charge in [0.1, 0.15) is 4.88 Å². The summed E-state index contributed by atoms with van der Waals surface area (Å²) in [5.74, 6) is -3.00. The molecule has 1 aromatic heterocycles. The molecular weight excluding hydrogens is 294 g/mol. The Morgan fingerprint density at radius 3 is 2.57 bits per heavy atom. The van der Waals surface area contributed by atoms with Gasteiger partial charge < -0.3 is 15.2 Å². The van der Waals surface area contributed by atoms with Crippen LogP contribution in [0.5, 0.6) is 0 Å². The third-order valence-corrected chi connectivity index (χ3v) is 4.61. The molecule has 0 radical (unpaired) electrons. The summed E-state index contributed by atoms with van der Waals surface area (Å²) in [5, 5.41) is 13.6. The Morgan fingerprint density at radius 2 is 1.95 bits per heavy atom. The van der Waals surface area contributed by atoms with Crippen LogP contribution in [0.3, 0.4) is 0 Å². The summed E-state index contributed by atoms with van der Waals surface area (Å²) >= 11 is 1.17. The first-order chi connectivity index (χ1) is 10.0. The van der Waals surface area contributed by atoms with Crippen LogP contribution >= 0.6 is 11.3 Å². The summed E-state index contributed by atoms with van der Waals surface area (Å²) in [6.07, 6.45) is 2.74.